The van der Waals surface area contributed by atoms with Crippen LogP contribution in [0.3, 0.4) is 0 Å². The Balaban J connectivity index is 2.20. The summed E-state index contributed by atoms with van der Waals surface area (Å²) in [6.07, 6.45) is 10.4. The van der Waals surface area contributed by atoms with Crippen LogP contribution in [0.15, 0.2) is 6.07 Å². The summed E-state index contributed by atoms with van der Waals surface area (Å²) >= 11 is 6.81. The molecule has 0 unspecified atom stereocenters. The molecule has 2 N–H and O–H groups in total. The molecule has 0 aliphatic carbocycles. The maximum Gasteiger partial charge on any atom is 0.340 e. The minimum atomic E-state index is -0.340. The lowest BCUT2D eigenvalue weighted by Crippen LogP contribution is -2.29. The third-order valence-corrected chi connectivity index (χ3v) is 5.02. The second-order valence-corrected chi connectivity index (χ2v) is 7.61. The molecule has 0 aliphatic rings. The van der Waals surface area contributed by atoms with Crippen molar-refractivity contribution in [3.05, 3.63) is 16.5 Å². The lowest BCUT2D eigenvalue weighted by Gasteiger charge is -2.10. The summed E-state index contributed by atoms with van der Waals surface area (Å²) in [7, 11) is 1.39. The Hall–Kier alpha value is -1.14. The number of ether oxygens (including phenoxy) is 1. The van der Waals surface area contributed by atoms with Gasteiger partial charge in [-0.15, -0.1) is 11.3 Å². The first-order valence-corrected chi connectivity index (χ1v) is 10.0. The fraction of sp³-hybridized carbons (Fsp3) is 0.667. The Morgan fingerprint density at radius 3 is 2.42 bits per heavy atom. The van der Waals surface area contributed by atoms with E-state index in [2.05, 4.69) is 17.6 Å². The van der Waals surface area contributed by atoms with Gasteiger partial charge >= 0.3 is 5.97 Å². The van der Waals surface area contributed by atoms with E-state index in [1.165, 1.54) is 63.4 Å². The van der Waals surface area contributed by atoms with E-state index in [-0.39, 0.29) is 5.97 Å². The monoisotopic (exact) mass is 370 g/mol. The molecule has 1 heterocycles. The number of methoxy groups -OCH3 is 1. The summed E-state index contributed by atoms with van der Waals surface area (Å²) in [6.45, 7) is 5.06. The number of anilines is 1. The molecule has 0 spiro atoms. The lowest BCUT2D eigenvalue weighted by atomic mass is 10.1. The molecular formula is C18H30N2O2S2. The van der Waals surface area contributed by atoms with Crippen LogP contribution in [0, 0.1) is 6.92 Å². The van der Waals surface area contributed by atoms with Crippen LogP contribution in [0.1, 0.15) is 73.5 Å². The molecule has 0 atom stereocenters. The number of hydrogen-bond donors (Lipinski definition) is 2. The molecule has 4 nitrogen and oxygen atoms in total. The number of unbranched alkanes of at least 4 members (excludes halogenated alkanes) is 7. The second-order valence-electron chi connectivity index (χ2n) is 5.95. The van der Waals surface area contributed by atoms with Crippen LogP contribution < -0.4 is 10.6 Å². The van der Waals surface area contributed by atoms with Gasteiger partial charge < -0.3 is 15.4 Å². The fourth-order valence-corrected chi connectivity index (χ4v) is 3.65. The van der Waals surface area contributed by atoms with Crippen molar-refractivity contribution >= 4 is 39.6 Å². The van der Waals surface area contributed by atoms with Gasteiger partial charge in [0, 0.05) is 11.4 Å². The Morgan fingerprint density at radius 2 is 1.79 bits per heavy atom. The third kappa shape index (κ3) is 8.11. The summed E-state index contributed by atoms with van der Waals surface area (Å²) in [5, 5.41) is 7.62. The van der Waals surface area contributed by atoms with Gasteiger partial charge in [0.15, 0.2) is 5.11 Å². The third-order valence-electron chi connectivity index (χ3n) is 3.80. The van der Waals surface area contributed by atoms with Gasteiger partial charge in [0.05, 0.1) is 12.7 Å². The number of thiophene rings is 1. The van der Waals surface area contributed by atoms with E-state index in [9.17, 15) is 4.79 Å². The van der Waals surface area contributed by atoms with E-state index < -0.39 is 0 Å². The molecule has 0 saturated carbocycles. The molecule has 0 radical (unpaired) electrons. The summed E-state index contributed by atoms with van der Waals surface area (Å²) < 4.78 is 4.80. The van der Waals surface area contributed by atoms with Crippen LogP contribution in [0.2, 0.25) is 0 Å². The molecule has 0 aromatic carbocycles. The Morgan fingerprint density at radius 1 is 1.17 bits per heavy atom. The smallest absolute Gasteiger partial charge is 0.340 e. The summed E-state index contributed by atoms with van der Waals surface area (Å²) in [5.41, 5.74) is 0.538. The molecule has 0 bridgehead atoms. The van der Waals surface area contributed by atoms with Crippen molar-refractivity contribution in [1.29, 1.82) is 0 Å². The number of carbonyl (C=O) groups is 1. The van der Waals surface area contributed by atoms with Crippen LogP contribution in [-0.2, 0) is 4.74 Å². The van der Waals surface area contributed by atoms with E-state index >= 15 is 0 Å². The number of hydrogen-bond acceptors (Lipinski definition) is 4. The summed E-state index contributed by atoms with van der Waals surface area (Å²) in [5.74, 6) is -0.340. The van der Waals surface area contributed by atoms with Gasteiger partial charge in [-0.05, 0) is 31.6 Å². The number of esters is 1. The van der Waals surface area contributed by atoms with Gasteiger partial charge in [0.1, 0.15) is 5.00 Å². The van der Waals surface area contributed by atoms with Crippen molar-refractivity contribution in [2.24, 2.45) is 0 Å². The van der Waals surface area contributed by atoms with Crippen molar-refractivity contribution < 1.29 is 9.53 Å². The predicted octanol–water partition coefficient (Wildman–Crippen LogP) is 5.27. The molecule has 24 heavy (non-hydrogen) atoms. The van der Waals surface area contributed by atoms with E-state index in [1.54, 1.807) is 0 Å². The van der Waals surface area contributed by atoms with Crippen LogP contribution in [-0.4, -0.2) is 24.7 Å². The first-order chi connectivity index (χ1) is 11.6. The first kappa shape index (κ1) is 20.9. The maximum absolute atomic E-state index is 11.7. The normalized spacial score (nSPS) is 10.5. The zero-order chi connectivity index (χ0) is 17.8. The molecule has 6 heteroatoms. The van der Waals surface area contributed by atoms with Crippen LogP contribution in [0.25, 0.3) is 0 Å². The number of rotatable bonds is 11. The molecule has 0 aliphatic heterocycles. The zero-order valence-corrected chi connectivity index (χ0v) is 16.7. The van der Waals surface area contributed by atoms with E-state index in [0.29, 0.717) is 10.7 Å². The van der Waals surface area contributed by atoms with Crippen molar-refractivity contribution in [3.8, 4) is 0 Å². The van der Waals surface area contributed by atoms with Crippen molar-refractivity contribution in [2.75, 3.05) is 19.0 Å². The topological polar surface area (TPSA) is 50.4 Å². The molecule has 1 aromatic rings. The Bertz CT molecular complexity index is 515. The molecule has 136 valence electrons. The minimum absolute atomic E-state index is 0.340. The van der Waals surface area contributed by atoms with Gasteiger partial charge in [0.2, 0.25) is 0 Å². The van der Waals surface area contributed by atoms with Gasteiger partial charge in [-0.3, -0.25) is 0 Å². The van der Waals surface area contributed by atoms with Crippen molar-refractivity contribution in [1.82, 2.24) is 5.32 Å². The quantitative estimate of drug-likeness (QED) is 0.316. The highest BCUT2D eigenvalue weighted by atomic mass is 32.1. The standard InChI is InChI=1S/C18H30N2O2S2/c1-4-5-6-7-8-9-10-11-12-19-18(23)20-16-15(17(21)22-3)13-14(2)24-16/h13H,4-12H2,1-3H3,(H2,19,20,23). The van der Waals surface area contributed by atoms with Crippen LogP contribution in [0.4, 0.5) is 5.00 Å². The molecule has 1 rings (SSSR count). The van der Waals surface area contributed by atoms with Gasteiger partial charge in [-0.2, -0.15) is 0 Å². The molecule has 0 fully saturated rings. The lowest BCUT2D eigenvalue weighted by molar-refractivity contribution is 0.0602. The first-order valence-electron chi connectivity index (χ1n) is 8.82. The number of aryl methyl sites for hydroxylation is 1. The van der Waals surface area contributed by atoms with E-state index in [0.717, 1.165) is 22.8 Å². The minimum Gasteiger partial charge on any atom is -0.465 e. The molecule has 0 saturated heterocycles. The molecule has 0 amide bonds. The predicted molar refractivity (Wildman–Crippen MR) is 107 cm³/mol. The molecule has 1 aromatic heterocycles. The van der Waals surface area contributed by atoms with Crippen LogP contribution >= 0.6 is 23.6 Å². The summed E-state index contributed by atoms with van der Waals surface area (Å²) in [6, 6.07) is 1.82. The Kier molecular flexibility index (Phi) is 10.7. The number of thiocarbonyl (C=S) groups is 1. The Labute approximate surface area is 155 Å². The average molecular weight is 371 g/mol. The maximum atomic E-state index is 11.7. The number of nitrogens with one attached hydrogen (secondary N) is 2. The number of carbonyl (C=O) groups excluding carboxylic acids is 1. The summed E-state index contributed by atoms with van der Waals surface area (Å²) in [4.78, 5) is 12.8. The molecular weight excluding hydrogens is 340 g/mol. The van der Waals surface area contributed by atoms with Crippen molar-refractivity contribution in [3.63, 3.8) is 0 Å². The van der Waals surface area contributed by atoms with Gasteiger partial charge in [-0.1, -0.05) is 51.9 Å². The highest BCUT2D eigenvalue weighted by molar-refractivity contribution is 7.80. The van der Waals surface area contributed by atoms with Gasteiger partial charge in [-0.25, -0.2) is 4.79 Å². The van der Waals surface area contributed by atoms with Crippen LogP contribution in [0.5, 0.6) is 0 Å². The van der Waals surface area contributed by atoms with E-state index in [1.807, 2.05) is 13.0 Å². The largest absolute Gasteiger partial charge is 0.465 e. The second kappa shape index (κ2) is 12.3. The zero-order valence-electron chi connectivity index (χ0n) is 15.1. The average Bonchev–Trinajstić information content (AvgIpc) is 2.92. The highest BCUT2D eigenvalue weighted by Crippen LogP contribution is 2.28. The SMILES string of the molecule is CCCCCCCCCCNC(=S)Nc1sc(C)cc1C(=O)OC. The highest BCUT2D eigenvalue weighted by Gasteiger charge is 2.15. The van der Waals surface area contributed by atoms with Gasteiger partial charge in [0.25, 0.3) is 0 Å². The van der Waals surface area contributed by atoms with Crippen molar-refractivity contribution in [2.45, 2.75) is 65.2 Å². The fourth-order valence-electron chi connectivity index (χ4n) is 2.48. The van der Waals surface area contributed by atoms with E-state index in [4.69, 9.17) is 17.0 Å².